The van der Waals surface area contributed by atoms with Crippen LogP contribution in [0.3, 0.4) is 0 Å². The number of benzene rings is 1. The van der Waals surface area contributed by atoms with Gasteiger partial charge in [0, 0.05) is 18.8 Å². The molecule has 1 saturated heterocycles. The van der Waals surface area contributed by atoms with E-state index in [1.54, 1.807) is 0 Å². The second-order valence-electron chi connectivity index (χ2n) is 6.61. The van der Waals surface area contributed by atoms with Gasteiger partial charge in [-0.15, -0.1) is 0 Å². The van der Waals surface area contributed by atoms with Gasteiger partial charge in [0.25, 0.3) is 0 Å². The summed E-state index contributed by atoms with van der Waals surface area (Å²) < 4.78 is 38.9. The van der Waals surface area contributed by atoms with Crippen LogP contribution in [0.2, 0.25) is 0 Å². The Morgan fingerprint density at radius 3 is 2.20 bits per heavy atom. The van der Waals surface area contributed by atoms with Crippen LogP contribution in [0.4, 0.5) is 18.9 Å². The number of carbonyl (C=O) groups excluding carboxylic acids is 1. The highest BCUT2D eigenvalue weighted by atomic mass is 19.4. The zero-order valence-electron chi connectivity index (χ0n) is 14.3. The van der Waals surface area contributed by atoms with Crippen molar-refractivity contribution in [2.75, 3.05) is 25.0 Å². The lowest BCUT2D eigenvalue weighted by Crippen LogP contribution is -2.34. The van der Waals surface area contributed by atoms with Gasteiger partial charge in [0.05, 0.1) is 18.4 Å². The van der Waals surface area contributed by atoms with E-state index in [1.807, 2.05) is 32.9 Å². The van der Waals surface area contributed by atoms with Crippen molar-refractivity contribution in [1.29, 1.82) is 0 Å². The number of carboxylic acid groups (broad SMARTS) is 1. The monoisotopic (exact) mass is 358 g/mol. The molecule has 1 aromatic carbocycles. The van der Waals surface area contributed by atoms with Gasteiger partial charge in [0.15, 0.2) is 0 Å². The average Bonchev–Trinajstić information content (AvgIpc) is 2.87. The maximum Gasteiger partial charge on any atom is 0.393 e. The molecule has 1 fully saturated rings. The lowest BCUT2D eigenvalue weighted by molar-refractivity contribution is -0.188. The minimum Gasteiger partial charge on any atom is -0.481 e. The van der Waals surface area contributed by atoms with Gasteiger partial charge in [0.2, 0.25) is 5.91 Å². The van der Waals surface area contributed by atoms with E-state index in [-0.39, 0.29) is 13.1 Å². The molecule has 1 amide bonds. The fraction of sp³-hybridized carbons (Fsp3) is 0.529. The maximum atomic E-state index is 13.0. The van der Waals surface area contributed by atoms with Gasteiger partial charge < -0.3 is 10.4 Å². The summed E-state index contributed by atoms with van der Waals surface area (Å²) >= 11 is 0. The smallest absolute Gasteiger partial charge is 0.393 e. The number of nitrogens with one attached hydrogen (secondary N) is 1. The summed E-state index contributed by atoms with van der Waals surface area (Å²) in [7, 11) is 0. The van der Waals surface area contributed by atoms with E-state index in [1.165, 1.54) is 4.90 Å². The van der Waals surface area contributed by atoms with Crippen LogP contribution >= 0.6 is 0 Å². The molecule has 1 aliphatic heterocycles. The topological polar surface area (TPSA) is 69.6 Å². The quantitative estimate of drug-likeness (QED) is 0.868. The van der Waals surface area contributed by atoms with Crippen LogP contribution in [0.5, 0.6) is 0 Å². The van der Waals surface area contributed by atoms with E-state index in [0.29, 0.717) is 5.69 Å². The highest BCUT2D eigenvalue weighted by molar-refractivity contribution is 5.94. The molecule has 0 spiro atoms. The Bertz CT molecular complexity index is 665. The third-order valence-electron chi connectivity index (χ3n) is 4.44. The molecule has 0 aliphatic carbocycles. The van der Waals surface area contributed by atoms with E-state index >= 15 is 0 Å². The molecule has 8 heteroatoms. The molecule has 2 N–H and O–H groups in total. The number of alkyl halides is 3. The Labute approximate surface area is 143 Å². The van der Waals surface area contributed by atoms with Crippen LogP contribution in [0.15, 0.2) is 12.1 Å². The Kier molecular flexibility index (Phi) is 5.41. The number of halogens is 3. The molecule has 1 aromatic rings. The van der Waals surface area contributed by atoms with Gasteiger partial charge in [-0.3, -0.25) is 14.5 Å². The number of anilines is 1. The van der Waals surface area contributed by atoms with Crippen molar-refractivity contribution >= 4 is 17.6 Å². The van der Waals surface area contributed by atoms with E-state index < -0.39 is 36.4 Å². The summed E-state index contributed by atoms with van der Waals surface area (Å²) in [6, 6.07) is 3.80. The Morgan fingerprint density at radius 1 is 1.20 bits per heavy atom. The number of hydrogen-bond donors (Lipinski definition) is 2. The van der Waals surface area contributed by atoms with Crippen LogP contribution in [0.25, 0.3) is 0 Å². The van der Waals surface area contributed by atoms with E-state index in [2.05, 4.69) is 5.32 Å². The number of hydrogen-bond acceptors (Lipinski definition) is 3. The first-order valence-corrected chi connectivity index (χ1v) is 7.88. The predicted molar refractivity (Wildman–Crippen MR) is 86.4 cm³/mol. The number of aliphatic carboxylic acids is 1. The first-order valence-electron chi connectivity index (χ1n) is 7.88. The van der Waals surface area contributed by atoms with Gasteiger partial charge >= 0.3 is 12.1 Å². The zero-order chi connectivity index (χ0) is 18.9. The summed E-state index contributed by atoms with van der Waals surface area (Å²) in [6.07, 6.45) is -4.60. The number of aryl methyl sites for hydroxylation is 3. The molecule has 138 valence electrons. The third-order valence-corrected chi connectivity index (χ3v) is 4.44. The lowest BCUT2D eigenvalue weighted by Gasteiger charge is -2.19. The molecule has 0 unspecified atom stereocenters. The van der Waals surface area contributed by atoms with E-state index in [9.17, 15) is 22.8 Å². The molecule has 0 aromatic heterocycles. The average molecular weight is 358 g/mol. The molecule has 0 radical (unpaired) electrons. The largest absolute Gasteiger partial charge is 0.481 e. The van der Waals surface area contributed by atoms with Crippen molar-refractivity contribution in [2.24, 2.45) is 11.8 Å². The minimum absolute atomic E-state index is 0.275. The SMILES string of the molecule is Cc1cc(C)c(NC(=O)CN2C[C@@H](C(F)(F)F)[C@H](C(=O)O)C2)c(C)c1. The fourth-order valence-corrected chi connectivity index (χ4v) is 3.36. The number of carboxylic acids is 1. The number of carbonyl (C=O) groups is 2. The van der Waals surface area contributed by atoms with Crippen molar-refractivity contribution in [3.8, 4) is 0 Å². The van der Waals surface area contributed by atoms with E-state index in [0.717, 1.165) is 16.7 Å². The van der Waals surface area contributed by atoms with Crippen molar-refractivity contribution in [1.82, 2.24) is 4.90 Å². The van der Waals surface area contributed by atoms with Crippen LogP contribution in [-0.4, -0.2) is 47.7 Å². The summed E-state index contributed by atoms with van der Waals surface area (Å²) in [4.78, 5) is 24.5. The number of amides is 1. The van der Waals surface area contributed by atoms with Gasteiger partial charge in [-0.1, -0.05) is 17.7 Å². The van der Waals surface area contributed by atoms with Gasteiger partial charge in [-0.2, -0.15) is 13.2 Å². The lowest BCUT2D eigenvalue weighted by atomic mass is 9.96. The minimum atomic E-state index is -4.60. The second-order valence-corrected chi connectivity index (χ2v) is 6.61. The number of likely N-dealkylation sites (tertiary alicyclic amines) is 1. The first-order chi connectivity index (χ1) is 11.5. The van der Waals surface area contributed by atoms with Crippen molar-refractivity contribution in [3.05, 3.63) is 28.8 Å². The van der Waals surface area contributed by atoms with E-state index in [4.69, 9.17) is 5.11 Å². The van der Waals surface area contributed by atoms with Crippen LogP contribution in [0.1, 0.15) is 16.7 Å². The molecule has 1 heterocycles. The summed E-state index contributed by atoms with van der Waals surface area (Å²) in [5.74, 6) is -5.45. The maximum absolute atomic E-state index is 13.0. The molecule has 25 heavy (non-hydrogen) atoms. The zero-order valence-corrected chi connectivity index (χ0v) is 14.3. The molecule has 0 saturated carbocycles. The molecular formula is C17H21F3N2O3. The Morgan fingerprint density at radius 2 is 1.76 bits per heavy atom. The number of nitrogens with zero attached hydrogens (tertiary/aromatic N) is 1. The van der Waals surface area contributed by atoms with Crippen LogP contribution in [0, 0.1) is 32.6 Å². The molecule has 2 rings (SSSR count). The predicted octanol–water partition coefficient (Wildman–Crippen LogP) is 2.75. The van der Waals surface area contributed by atoms with Gasteiger partial charge in [-0.05, 0) is 31.9 Å². The third kappa shape index (κ3) is 4.50. The standard InChI is InChI=1S/C17H21F3N2O3/c1-9-4-10(2)15(11(3)5-9)21-14(23)8-22-6-12(16(24)25)13(7-22)17(18,19)20/h4-5,12-13H,6-8H2,1-3H3,(H,21,23)(H,24,25)/t12-,13-/m1/s1. The van der Waals surface area contributed by atoms with Crippen molar-refractivity contribution < 1.29 is 27.9 Å². The summed E-state index contributed by atoms with van der Waals surface area (Å²) in [5, 5.41) is 11.7. The fourth-order valence-electron chi connectivity index (χ4n) is 3.36. The summed E-state index contributed by atoms with van der Waals surface area (Å²) in [5.41, 5.74) is 3.41. The van der Waals surface area contributed by atoms with Gasteiger partial charge in [-0.25, -0.2) is 0 Å². The normalized spacial score (nSPS) is 21.4. The number of rotatable bonds is 4. The molecule has 1 aliphatic rings. The summed E-state index contributed by atoms with van der Waals surface area (Å²) in [6.45, 7) is 4.55. The molecule has 5 nitrogen and oxygen atoms in total. The highest BCUT2D eigenvalue weighted by Crippen LogP contribution is 2.37. The molecule has 0 bridgehead atoms. The van der Waals surface area contributed by atoms with Crippen LogP contribution in [-0.2, 0) is 9.59 Å². The second kappa shape index (κ2) is 7.03. The van der Waals surface area contributed by atoms with Crippen molar-refractivity contribution in [3.63, 3.8) is 0 Å². The Balaban J connectivity index is 2.06. The molecule has 2 atom stereocenters. The van der Waals surface area contributed by atoms with Crippen LogP contribution < -0.4 is 5.32 Å². The highest BCUT2D eigenvalue weighted by Gasteiger charge is 2.52. The first kappa shape index (κ1) is 19.2. The Hall–Kier alpha value is -2.09. The van der Waals surface area contributed by atoms with Gasteiger partial charge in [0.1, 0.15) is 0 Å². The van der Waals surface area contributed by atoms with Crippen molar-refractivity contribution in [2.45, 2.75) is 26.9 Å². The molecular weight excluding hydrogens is 337 g/mol.